The predicted molar refractivity (Wildman–Crippen MR) is 85.0 cm³/mol. The van der Waals surface area contributed by atoms with Crippen molar-refractivity contribution in [2.24, 2.45) is 0 Å². The number of aromatic nitrogens is 4. The third-order valence-electron chi connectivity index (χ3n) is 3.69. The van der Waals surface area contributed by atoms with Gasteiger partial charge in [-0.25, -0.2) is 4.98 Å². The van der Waals surface area contributed by atoms with Crippen LogP contribution in [-0.4, -0.2) is 43.7 Å². The third kappa shape index (κ3) is 2.67. The largest absolute Gasteiger partial charge is 0.351 e. The zero-order valence-electron chi connectivity index (χ0n) is 12.4. The molecule has 4 rings (SSSR count). The average Bonchev–Trinajstić information content (AvgIpc) is 3.16. The Bertz CT molecular complexity index is 854. The highest BCUT2D eigenvalue weighted by atomic mass is 32.2. The fraction of sp³-hybridized carbons (Fsp3) is 0.357. The second-order valence-electron chi connectivity index (χ2n) is 5.51. The number of carbonyl (C=O) groups excluding carboxylic acids is 2. The van der Waals surface area contributed by atoms with E-state index in [0.717, 1.165) is 12.8 Å². The molecule has 1 saturated heterocycles. The number of hydrogen-bond acceptors (Lipinski definition) is 7. The van der Waals surface area contributed by atoms with Crippen LogP contribution in [0.2, 0.25) is 0 Å². The lowest BCUT2D eigenvalue weighted by molar-refractivity contribution is -0.124. The fourth-order valence-electron chi connectivity index (χ4n) is 2.38. The molecule has 2 aliphatic rings. The van der Waals surface area contributed by atoms with Crippen molar-refractivity contribution >= 4 is 41.2 Å². The first-order chi connectivity index (χ1) is 11.1. The number of nitrogens with one attached hydrogen (secondary N) is 2. The smallest absolute Gasteiger partial charge is 0.254 e. The van der Waals surface area contributed by atoms with Crippen molar-refractivity contribution in [1.29, 1.82) is 0 Å². The van der Waals surface area contributed by atoms with Gasteiger partial charge in [0.15, 0.2) is 10.8 Å². The molecule has 0 aromatic carbocycles. The maximum absolute atomic E-state index is 11.7. The first-order valence-corrected chi connectivity index (χ1v) is 8.47. The van der Waals surface area contributed by atoms with Gasteiger partial charge < -0.3 is 5.32 Å². The van der Waals surface area contributed by atoms with Crippen LogP contribution in [0.15, 0.2) is 16.9 Å². The molecule has 8 nitrogen and oxygen atoms in total. The number of anilines is 1. The number of imide groups is 1. The Kier molecular flexibility index (Phi) is 3.29. The second kappa shape index (κ2) is 5.34. The molecule has 3 heterocycles. The zero-order chi connectivity index (χ0) is 16.0. The van der Waals surface area contributed by atoms with E-state index >= 15 is 0 Å². The van der Waals surface area contributed by atoms with Crippen molar-refractivity contribution in [1.82, 2.24) is 24.9 Å². The number of hydrogen-bond donors (Lipinski definition) is 2. The third-order valence-corrected chi connectivity index (χ3v) is 4.24. The number of fused-ring (bicyclic) bond motifs is 1. The molecule has 23 heavy (non-hydrogen) atoms. The standard InChI is InChI=1S/C14H14N6O2S/c1-23-14-18-11-8(4-7-5-10(21)17-12(7)22)6-15-20(11)13(19-14)16-9-2-3-9/h4,6,9H,2-3,5H2,1H3,(H,16,18,19)(H,17,21,22)/b7-4+. The average molecular weight is 330 g/mol. The molecule has 2 aromatic rings. The Morgan fingerprint density at radius 1 is 1.39 bits per heavy atom. The molecule has 1 saturated carbocycles. The summed E-state index contributed by atoms with van der Waals surface area (Å²) in [6.45, 7) is 0. The van der Waals surface area contributed by atoms with Crippen molar-refractivity contribution in [3.05, 3.63) is 17.3 Å². The number of rotatable bonds is 4. The van der Waals surface area contributed by atoms with Gasteiger partial charge in [-0.15, -0.1) is 0 Å². The van der Waals surface area contributed by atoms with Gasteiger partial charge in [-0.1, -0.05) is 11.8 Å². The molecule has 0 unspecified atom stereocenters. The van der Waals surface area contributed by atoms with Crippen LogP contribution >= 0.6 is 11.8 Å². The van der Waals surface area contributed by atoms with E-state index in [1.807, 2.05) is 6.26 Å². The number of carbonyl (C=O) groups is 2. The summed E-state index contributed by atoms with van der Waals surface area (Å²) in [5.41, 5.74) is 1.74. The second-order valence-corrected chi connectivity index (χ2v) is 6.28. The number of amides is 2. The number of thioether (sulfide) groups is 1. The highest BCUT2D eigenvalue weighted by molar-refractivity contribution is 7.98. The van der Waals surface area contributed by atoms with Gasteiger partial charge in [-0.3, -0.25) is 14.9 Å². The maximum Gasteiger partial charge on any atom is 0.254 e. The van der Waals surface area contributed by atoms with Crippen LogP contribution in [0.3, 0.4) is 0 Å². The van der Waals surface area contributed by atoms with E-state index in [1.54, 1.807) is 16.8 Å². The molecule has 2 fully saturated rings. The van der Waals surface area contributed by atoms with Gasteiger partial charge in [0.1, 0.15) is 0 Å². The van der Waals surface area contributed by atoms with Crippen LogP contribution in [0.4, 0.5) is 5.95 Å². The summed E-state index contributed by atoms with van der Waals surface area (Å²) >= 11 is 1.44. The summed E-state index contributed by atoms with van der Waals surface area (Å²) in [7, 11) is 0. The van der Waals surface area contributed by atoms with Crippen LogP contribution in [-0.2, 0) is 9.59 Å². The van der Waals surface area contributed by atoms with E-state index in [4.69, 9.17) is 0 Å². The molecule has 0 atom stereocenters. The summed E-state index contributed by atoms with van der Waals surface area (Å²) in [5, 5.41) is 10.6. The lowest BCUT2D eigenvalue weighted by atomic mass is 10.1. The van der Waals surface area contributed by atoms with E-state index < -0.39 is 0 Å². The minimum Gasteiger partial charge on any atom is -0.351 e. The minimum absolute atomic E-state index is 0.0871. The van der Waals surface area contributed by atoms with E-state index in [2.05, 4.69) is 25.7 Å². The molecular weight excluding hydrogens is 316 g/mol. The first-order valence-electron chi connectivity index (χ1n) is 7.25. The Labute approximate surface area is 135 Å². The highest BCUT2D eigenvalue weighted by Gasteiger charge is 2.26. The summed E-state index contributed by atoms with van der Waals surface area (Å²) < 4.78 is 1.64. The summed E-state index contributed by atoms with van der Waals surface area (Å²) in [5.74, 6) is 0.0107. The Morgan fingerprint density at radius 2 is 2.22 bits per heavy atom. The van der Waals surface area contributed by atoms with E-state index in [9.17, 15) is 9.59 Å². The SMILES string of the molecule is CSc1nc(NC2CC2)n2ncc(/C=C3\CC(=O)NC3=O)c2n1. The zero-order valence-corrected chi connectivity index (χ0v) is 13.2. The van der Waals surface area contributed by atoms with Gasteiger partial charge >= 0.3 is 0 Å². The molecule has 118 valence electrons. The van der Waals surface area contributed by atoms with Crippen LogP contribution in [0, 0.1) is 0 Å². The fourth-order valence-corrected chi connectivity index (χ4v) is 2.74. The molecule has 0 spiro atoms. The monoisotopic (exact) mass is 330 g/mol. The maximum atomic E-state index is 11.7. The molecule has 0 bridgehead atoms. The van der Waals surface area contributed by atoms with Crippen LogP contribution in [0.1, 0.15) is 24.8 Å². The van der Waals surface area contributed by atoms with Crippen molar-refractivity contribution < 1.29 is 9.59 Å². The molecule has 0 radical (unpaired) electrons. The first kappa shape index (κ1) is 14.2. The molecule has 1 aliphatic heterocycles. The molecule has 2 aromatic heterocycles. The Morgan fingerprint density at radius 3 is 2.87 bits per heavy atom. The topological polar surface area (TPSA) is 101 Å². The van der Waals surface area contributed by atoms with Gasteiger partial charge in [0.25, 0.3) is 5.91 Å². The molecule has 2 N–H and O–H groups in total. The summed E-state index contributed by atoms with van der Waals surface area (Å²) in [6.07, 6.45) is 7.55. The van der Waals surface area contributed by atoms with Crippen LogP contribution in [0.25, 0.3) is 11.7 Å². The van der Waals surface area contributed by atoms with Gasteiger partial charge in [0.05, 0.1) is 12.6 Å². The lowest BCUT2D eigenvalue weighted by Gasteiger charge is -2.07. The number of nitrogens with zero attached hydrogens (tertiary/aromatic N) is 4. The lowest BCUT2D eigenvalue weighted by Crippen LogP contribution is -2.19. The van der Waals surface area contributed by atoms with Crippen molar-refractivity contribution in [3.8, 4) is 0 Å². The van der Waals surface area contributed by atoms with Crippen LogP contribution < -0.4 is 10.6 Å². The quantitative estimate of drug-likeness (QED) is 0.487. The van der Waals surface area contributed by atoms with Gasteiger partial charge in [0, 0.05) is 17.2 Å². The van der Waals surface area contributed by atoms with E-state index in [-0.39, 0.29) is 18.2 Å². The van der Waals surface area contributed by atoms with Crippen molar-refractivity contribution in [2.45, 2.75) is 30.5 Å². The van der Waals surface area contributed by atoms with Gasteiger partial charge in [-0.05, 0) is 25.2 Å². The van der Waals surface area contributed by atoms with E-state index in [1.165, 1.54) is 11.8 Å². The predicted octanol–water partition coefficient (Wildman–Crippen LogP) is 0.850. The Hall–Kier alpha value is -2.42. The van der Waals surface area contributed by atoms with Crippen molar-refractivity contribution in [2.75, 3.05) is 11.6 Å². The van der Waals surface area contributed by atoms with Gasteiger partial charge in [0.2, 0.25) is 11.9 Å². The van der Waals surface area contributed by atoms with Crippen LogP contribution in [0.5, 0.6) is 0 Å². The summed E-state index contributed by atoms with van der Waals surface area (Å²) in [6, 6.07) is 0.437. The normalized spacial score (nSPS) is 19.6. The van der Waals surface area contributed by atoms with E-state index in [0.29, 0.717) is 33.9 Å². The molecule has 2 amide bonds. The molecular formula is C14H14N6O2S. The molecule has 9 heteroatoms. The van der Waals surface area contributed by atoms with Gasteiger partial charge in [-0.2, -0.15) is 14.6 Å². The molecule has 1 aliphatic carbocycles. The van der Waals surface area contributed by atoms with Crippen molar-refractivity contribution in [3.63, 3.8) is 0 Å². The Balaban J connectivity index is 1.80. The minimum atomic E-state index is -0.357. The summed E-state index contributed by atoms with van der Waals surface area (Å²) in [4.78, 5) is 32.0. The highest BCUT2D eigenvalue weighted by Crippen LogP contribution is 2.26.